The minimum atomic E-state index is -0.461. The summed E-state index contributed by atoms with van der Waals surface area (Å²) in [6.07, 6.45) is 1.05. The third-order valence-corrected chi connectivity index (χ3v) is 1.53. The Hall–Kier alpha value is -0.370. The Labute approximate surface area is 62.2 Å². The van der Waals surface area contributed by atoms with Gasteiger partial charge in [-0.3, -0.25) is 0 Å². The normalized spacial score (nSPS) is 16.9. The van der Waals surface area contributed by atoms with Crippen molar-refractivity contribution in [3.63, 3.8) is 0 Å². The molecule has 0 amide bonds. The van der Waals surface area contributed by atoms with E-state index in [9.17, 15) is 9.90 Å². The van der Waals surface area contributed by atoms with E-state index in [4.69, 9.17) is 0 Å². The lowest BCUT2D eigenvalue weighted by Crippen LogP contribution is -2.20. The van der Waals surface area contributed by atoms with Crippen molar-refractivity contribution in [1.29, 1.82) is 0 Å². The summed E-state index contributed by atoms with van der Waals surface area (Å²) in [5.41, 5.74) is 0. The van der Waals surface area contributed by atoms with Gasteiger partial charge in [-0.05, 0) is 12.3 Å². The highest BCUT2D eigenvalue weighted by Gasteiger charge is 2.13. The molecule has 0 heterocycles. The van der Waals surface area contributed by atoms with Gasteiger partial charge in [-0.2, -0.15) is 0 Å². The molecule has 2 unspecified atom stereocenters. The second-order valence-corrected chi connectivity index (χ2v) is 3.19. The molecule has 60 valence electrons. The summed E-state index contributed by atoms with van der Waals surface area (Å²) in [5.74, 6) is 0.236. The van der Waals surface area contributed by atoms with Gasteiger partial charge >= 0.3 is 0 Å². The third-order valence-electron chi connectivity index (χ3n) is 1.53. The number of aliphatic hydroxyl groups excluding tert-OH is 1. The fraction of sp³-hybridized carbons (Fsp3) is 0.875. The first-order valence-electron chi connectivity index (χ1n) is 3.71. The summed E-state index contributed by atoms with van der Waals surface area (Å²) < 4.78 is 0. The van der Waals surface area contributed by atoms with Crippen molar-refractivity contribution in [3.05, 3.63) is 0 Å². The van der Waals surface area contributed by atoms with E-state index in [0.29, 0.717) is 12.3 Å². The van der Waals surface area contributed by atoms with Crippen molar-refractivity contribution in [3.8, 4) is 0 Å². The molecule has 0 saturated heterocycles. The van der Waals surface area contributed by atoms with Crippen LogP contribution in [-0.2, 0) is 4.79 Å². The van der Waals surface area contributed by atoms with Gasteiger partial charge in [-0.15, -0.1) is 0 Å². The number of hydrogen-bond donors (Lipinski definition) is 1. The molecule has 2 nitrogen and oxygen atoms in total. The smallest absolute Gasteiger partial charge is 0.125 e. The van der Waals surface area contributed by atoms with Gasteiger partial charge in [0, 0.05) is 5.92 Å². The Bertz CT molecular complexity index is 99.4. The van der Waals surface area contributed by atoms with E-state index in [2.05, 4.69) is 0 Å². The summed E-state index contributed by atoms with van der Waals surface area (Å²) in [4.78, 5) is 10.2. The Balaban J connectivity index is 3.60. The average Bonchev–Trinajstić information content (AvgIpc) is 1.85. The van der Waals surface area contributed by atoms with E-state index < -0.39 is 6.10 Å². The summed E-state index contributed by atoms with van der Waals surface area (Å²) in [6.45, 7) is 5.79. The molecule has 0 aliphatic heterocycles. The molecule has 0 aromatic heterocycles. The van der Waals surface area contributed by atoms with Crippen LogP contribution < -0.4 is 0 Å². The van der Waals surface area contributed by atoms with E-state index in [1.54, 1.807) is 6.92 Å². The van der Waals surface area contributed by atoms with Gasteiger partial charge in [0.1, 0.15) is 6.29 Å². The Morgan fingerprint density at radius 1 is 1.40 bits per heavy atom. The number of carbonyl (C=O) groups is 1. The molecular formula is C8H16O2. The lowest BCUT2D eigenvalue weighted by atomic mass is 9.97. The molecule has 1 N–H and O–H groups in total. The molecule has 0 bridgehead atoms. The molecule has 0 saturated carbocycles. The predicted molar refractivity (Wildman–Crippen MR) is 40.7 cm³/mol. The zero-order chi connectivity index (χ0) is 8.15. The first-order valence-corrected chi connectivity index (χ1v) is 3.71. The van der Waals surface area contributed by atoms with Crippen molar-refractivity contribution >= 4 is 6.29 Å². The van der Waals surface area contributed by atoms with Crippen LogP contribution in [0.25, 0.3) is 0 Å². The second kappa shape index (κ2) is 4.45. The highest BCUT2D eigenvalue weighted by atomic mass is 16.3. The van der Waals surface area contributed by atoms with Crippen molar-refractivity contribution in [2.75, 3.05) is 0 Å². The van der Waals surface area contributed by atoms with Crippen LogP contribution >= 0.6 is 0 Å². The van der Waals surface area contributed by atoms with Gasteiger partial charge in [0.25, 0.3) is 0 Å². The van der Waals surface area contributed by atoms with Gasteiger partial charge in [0.05, 0.1) is 6.10 Å². The molecule has 0 aromatic carbocycles. The number of rotatable bonds is 4. The Morgan fingerprint density at radius 3 is 2.20 bits per heavy atom. The zero-order valence-corrected chi connectivity index (χ0v) is 6.87. The SMILES string of the molecule is CC(C)CC(O)C(C)C=O. The topological polar surface area (TPSA) is 37.3 Å². The Morgan fingerprint density at radius 2 is 1.90 bits per heavy atom. The Kier molecular flexibility index (Phi) is 4.28. The maximum atomic E-state index is 10.2. The van der Waals surface area contributed by atoms with Crippen LogP contribution in [0.15, 0.2) is 0 Å². The zero-order valence-electron chi connectivity index (χ0n) is 6.87. The van der Waals surface area contributed by atoms with Crippen molar-refractivity contribution in [2.45, 2.75) is 33.3 Å². The van der Waals surface area contributed by atoms with Gasteiger partial charge < -0.3 is 9.90 Å². The molecule has 2 heteroatoms. The van der Waals surface area contributed by atoms with Gasteiger partial charge in [-0.1, -0.05) is 20.8 Å². The number of hydrogen-bond acceptors (Lipinski definition) is 2. The number of aliphatic hydroxyl groups is 1. The van der Waals surface area contributed by atoms with Crippen LogP contribution in [0.5, 0.6) is 0 Å². The van der Waals surface area contributed by atoms with Crippen LogP contribution in [0.1, 0.15) is 27.2 Å². The molecule has 10 heavy (non-hydrogen) atoms. The maximum Gasteiger partial charge on any atom is 0.125 e. The minimum Gasteiger partial charge on any atom is -0.392 e. The predicted octanol–water partition coefficient (Wildman–Crippen LogP) is 1.23. The number of aldehydes is 1. The minimum absolute atomic E-state index is 0.220. The van der Waals surface area contributed by atoms with E-state index >= 15 is 0 Å². The largest absolute Gasteiger partial charge is 0.392 e. The molecule has 2 atom stereocenters. The monoisotopic (exact) mass is 144 g/mol. The first kappa shape index (κ1) is 9.63. The van der Waals surface area contributed by atoms with E-state index in [0.717, 1.165) is 6.29 Å². The quantitative estimate of drug-likeness (QED) is 0.602. The fourth-order valence-corrected chi connectivity index (χ4v) is 0.788. The van der Waals surface area contributed by atoms with Gasteiger partial charge in [0.2, 0.25) is 0 Å². The van der Waals surface area contributed by atoms with E-state index in [1.165, 1.54) is 0 Å². The van der Waals surface area contributed by atoms with Crippen molar-refractivity contribution in [1.82, 2.24) is 0 Å². The molecule has 0 aromatic rings. The van der Waals surface area contributed by atoms with E-state index in [1.807, 2.05) is 13.8 Å². The first-order chi connectivity index (χ1) is 4.57. The van der Waals surface area contributed by atoms with Crippen molar-refractivity contribution in [2.24, 2.45) is 11.8 Å². The maximum absolute atomic E-state index is 10.2. The average molecular weight is 144 g/mol. The van der Waals surface area contributed by atoms with Crippen LogP contribution in [-0.4, -0.2) is 17.5 Å². The van der Waals surface area contributed by atoms with Crippen LogP contribution in [0.4, 0.5) is 0 Å². The molecule has 0 spiro atoms. The molecule has 0 fully saturated rings. The lowest BCUT2D eigenvalue weighted by Gasteiger charge is -2.14. The molecule has 0 rings (SSSR count). The highest BCUT2D eigenvalue weighted by molar-refractivity contribution is 5.53. The lowest BCUT2D eigenvalue weighted by molar-refractivity contribution is -0.113. The van der Waals surface area contributed by atoms with Crippen LogP contribution in [0, 0.1) is 11.8 Å². The second-order valence-electron chi connectivity index (χ2n) is 3.19. The van der Waals surface area contributed by atoms with Crippen LogP contribution in [0.3, 0.4) is 0 Å². The molecular weight excluding hydrogens is 128 g/mol. The van der Waals surface area contributed by atoms with Gasteiger partial charge in [-0.25, -0.2) is 0 Å². The number of carbonyl (C=O) groups excluding carboxylic acids is 1. The van der Waals surface area contributed by atoms with Crippen LogP contribution in [0.2, 0.25) is 0 Å². The summed E-state index contributed by atoms with van der Waals surface area (Å²) in [7, 11) is 0. The van der Waals surface area contributed by atoms with Crippen molar-refractivity contribution < 1.29 is 9.90 Å². The third kappa shape index (κ3) is 3.62. The molecule has 0 radical (unpaired) electrons. The summed E-state index contributed by atoms with van der Waals surface area (Å²) in [5, 5.41) is 9.26. The van der Waals surface area contributed by atoms with E-state index in [-0.39, 0.29) is 5.92 Å². The van der Waals surface area contributed by atoms with Gasteiger partial charge in [0.15, 0.2) is 0 Å². The standard InChI is InChI=1S/C8H16O2/c1-6(2)4-8(10)7(3)5-9/h5-8,10H,4H2,1-3H3. The summed E-state index contributed by atoms with van der Waals surface area (Å²) >= 11 is 0. The molecule has 0 aliphatic carbocycles. The fourth-order valence-electron chi connectivity index (χ4n) is 0.788. The summed E-state index contributed by atoms with van der Waals surface area (Å²) in [6, 6.07) is 0. The molecule has 0 aliphatic rings. The highest BCUT2D eigenvalue weighted by Crippen LogP contribution is 2.10.